The molecule has 0 radical (unpaired) electrons. The molecular formula is C13H19N3O3S2. The average Bonchev–Trinajstić information content (AvgIpc) is 3.06. The van der Waals surface area contributed by atoms with Crippen molar-refractivity contribution in [3.8, 4) is 0 Å². The third kappa shape index (κ3) is 2.96. The first-order chi connectivity index (χ1) is 10.00. The summed E-state index contributed by atoms with van der Waals surface area (Å²) in [5, 5.41) is 7.52. The molecule has 8 heteroatoms. The van der Waals surface area contributed by atoms with Gasteiger partial charge in [-0.05, 0) is 12.8 Å². The summed E-state index contributed by atoms with van der Waals surface area (Å²) in [5.41, 5.74) is 2.05. The van der Waals surface area contributed by atoms with Gasteiger partial charge in [0.2, 0.25) is 5.91 Å². The highest BCUT2D eigenvalue weighted by Crippen LogP contribution is 2.38. The average molecular weight is 329 g/mol. The maximum absolute atomic E-state index is 11.9. The predicted molar refractivity (Wildman–Crippen MR) is 83.1 cm³/mol. The molecule has 1 atom stereocenters. The van der Waals surface area contributed by atoms with Crippen LogP contribution in [0.5, 0.6) is 0 Å². The van der Waals surface area contributed by atoms with Crippen LogP contribution in [0.1, 0.15) is 43.5 Å². The van der Waals surface area contributed by atoms with Gasteiger partial charge in [-0.3, -0.25) is 4.79 Å². The van der Waals surface area contributed by atoms with Crippen LogP contribution in [0.25, 0.3) is 0 Å². The van der Waals surface area contributed by atoms with E-state index in [0.717, 1.165) is 35.0 Å². The second-order valence-corrected chi connectivity index (χ2v) is 8.78. The summed E-state index contributed by atoms with van der Waals surface area (Å²) in [6.07, 6.45) is 1.83. The Bertz CT molecular complexity index is 666. The smallest absolute Gasteiger partial charge is 0.225 e. The number of sulfone groups is 1. The molecule has 1 fully saturated rings. The zero-order valence-corrected chi connectivity index (χ0v) is 13.6. The molecule has 0 bridgehead atoms. The fourth-order valence-electron chi connectivity index (χ4n) is 2.82. The first-order valence-electron chi connectivity index (χ1n) is 7.18. The van der Waals surface area contributed by atoms with E-state index in [4.69, 9.17) is 0 Å². The maximum Gasteiger partial charge on any atom is 0.225 e. The van der Waals surface area contributed by atoms with Gasteiger partial charge in [0.05, 0.1) is 23.2 Å². The fourth-order valence-corrected chi connectivity index (χ4v) is 5.55. The number of thioether (sulfide) groups is 1. The number of hydrogen-bond acceptors (Lipinski definition) is 5. The van der Waals surface area contributed by atoms with Crippen LogP contribution in [-0.4, -0.2) is 35.6 Å². The standard InChI is InChI=1S/C13H19N3O3S2/c1-2-3-12(17)14-13-10-6-20-7-11(10)15-16(13)9-4-5-21(18,19)8-9/h9H,2-8H2,1H3,(H,14,17). The maximum atomic E-state index is 11.9. The first kappa shape index (κ1) is 14.9. The highest BCUT2D eigenvalue weighted by Gasteiger charge is 2.34. The Morgan fingerprint density at radius 3 is 2.95 bits per heavy atom. The number of anilines is 1. The third-order valence-corrected chi connectivity index (χ3v) is 6.59. The number of aromatic nitrogens is 2. The predicted octanol–water partition coefficient (Wildman–Crippen LogP) is 1.73. The van der Waals surface area contributed by atoms with Gasteiger partial charge in [-0.15, -0.1) is 0 Å². The molecule has 3 heterocycles. The Kier molecular flexibility index (Phi) is 4.00. The minimum Gasteiger partial charge on any atom is -0.311 e. The summed E-state index contributed by atoms with van der Waals surface area (Å²) in [6, 6.07) is -0.150. The van der Waals surface area contributed by atoms with Gasteiger partial charge in [0.1, 0.15) is 5.82 Å². The molecule has 0 spiro atoms. The van der Waals surface area contributed by atoms with Crippen LogP contribution in [0.2, 0.25) is 0 Å². The molecule has 2 aliphatic heterocycles. The topological polar surface area (TPSA) is 81.1 Å². The lowest BCUT2D eigenvalue weighted by Crippen LogP contribution is -2.20. The SMILES string of the molecule is CCCC(=O)Nc1c2c(nn1C1CCS(=O)(=O)C1)CSC2. The second kappa shape index (κ2) is 5.64. The summed E-state index contributed by atoms with van der Waals surface area (Å²) in [5.74, 6) is 2.68. The van der Waals surface area contributed by atoms with Crippen molar-refractivity contribution in [2.45, 2.75) is 43.7 Å². The van der Waals surface area contributed by atoms with Crippen LogP contribution in [0.15, 0.2) is 0 Å². The molecule has 6 nitrogen and oxygen atoms in total. The van der Waals surface area contributed by atoms with Gasteiger partial charge in [0.25, 0.3) is 0 Å². The van der Waals surface area contributed by atoms with Crippen LogP contribution in [0.4, 0.5) is 5.82 Å². The van der Waals surface area contributed by atoms with Crippen molar-refractivity contribution in [1.82, 2.24) is 9.78 Å². The highest BCUT2D eigenvalue weighted by atomic mass is 32.2. The van der Waals surface area contributed by atoms with Gasteiger partial charge in [0.15, 0.2) is 9.84 Å². The fraction of sp³-hybridized carbons (Fsp3) is 0.692. The number of fused-ring (bicyclic) bond motifs is 1. The molecule has 0 aromatic carbocycles. The molecule has 21 heavy (non-hydrogen) atoms. The van der Waals surface area contributed by atoms with Crippen molar-refractivity contribution >= 4 is 33.3 Å². The van der Waals surface area contributed by atoms with Crippen molar-refractivity contribution in [2.24, 2.45) is 0 Å². The molecule has 116 valence electrons. The van der Waals surface area contributed by atoms with E-state index in [9.17, 15) is 13.2 Å². The summed E-state index contributed by atoms with van der Waals surface area (Å²) >= 11 is 1.77. The van der Waals surface area contributed by atoms with Crippen molar-refractivity contribution in [2.75, 3.05) is 16.8 Å². The van der Waals surface area contributed by atoms with Crippen LogP contribution in [-0.2, 0) is 26.1 Å². The lowest BCUT2D eigenvalue weighted by atomic mass is 10.2. The van der Waals surface area contributed by atoms with E-state index in [1.807, 2.05) is 6.92 Å². The van der Waals surface area contributed by atoms with E-state index in [-0.39, 0.29) is 23.5 Å². The first-order valence-corrected chi connectivity index (χ1v) is 10.2. The molecule has 0 aliphatic carbocycles. The Morgan fingerprint density at radius 2 is 2.29 bits per heavy atom. The second-order valence-electron chi connectivity index (χ2n) is 5.57. The molecule has 0 saturated carbocycles. The van der Waals surface area contributed by atoms with E-state index in [2.05, 4.69) is 10.4 Å². The number of hydrogen-bond donors (Lipinski definition) is 1. The van der Waals surface area contributed by atoms with E-state index in [0.29, 0.717) is 12.8 Å². The Balaban J connectivity index is 1.91. The Labute approximate surface area is 128 Å². The van der Waals surface area contributed by atoms with Gasteiger partial charge >= 0.3 is 0 Å². The van der Waals surface area contributed by atoms with E-state index in [1.165, 1.54) is 0 Å². The van der Waals surface area contributed by atoms with Crippen LogP contribution >= 0.6 is 11.8 Å². The molecule has 1 unspecified atom stereocenters. The number of rotatable bonds is 4. The number of nitrogens with one attached hydrogen (secondary N) is 1. The van der Waals surface area contributed by atoms with Crippen molar-refractivity contribution in [1.29, 1.82) is 0 Å². The third-order valence-electron chi connectivity index (χ3n) is 3.87. The monoisotopic (exact) mass is 329 g/mol. The number of amides is 1. The highest BCUT2D eigenvalue weighted by molar-refractivity contribution is 7.98. The summed E-state index contributed by atoms with van der Waals surface area (Å²) in [6.45, 7) is 1.96. The van der Waals surface area contributed by atoms with E-state index in [1.54, 1.807) is 16.4 Å². The van der Waals surface area contributed by atoms with Gasteiger partial charge in [0, 0.05) is 23.5 Å². The zero-order valence-electron chi connectivity index (χ0n) is 12.0. The van der Waals surface area contributed by atoms with Gasteiger partial charge in [-0.1, -0.05) is 6.92 Å². The lowest BCUT2D eigenvalue weighted by Gasteiger charge is -2.15. The quantitative estimate of drug-likeness (QED) is 0.910. The van der Waals surface area contributed by atoms with Crippen molar-refractivity contribution in [3.63, 3.8) is 0 Å². The molecule has 2 aliphatic rings. The minimum absolute atomic E-state index is 0.0285. The number of nitrogens with zero attached hydrogens (tertiary/aromatic N) is 2. The number of carbonyl (C=O) groups is 1. The van der Waals surface area contributed by atoms with E-state index < -0.39 is 9.84 Å². The summed E-state index contributed by atoms with van der Waals surface area (Å²) < 4.78 is 25.1. The normalized spacial score (nSPS) is 23.2. The Hall–Kier alpha value is -1.02. The molecule has 1 aromatic rings. The zero-order chi connectivity index (χ0) is 15.0. The molecule has 3 rings (SSSR count). The van der Waals surface area contributed by atoms with Gasteiger partial charge in [-0.25, -0.2) is 13.1 Å². The van der Waals surface area contributed by atoms with Crippen molar-refractivity contribution in [3.05, 3.63) is 11.3 Å². The summed E-state index contributed by atoms with van der Waals surface area (Å²) in [4.78, 5) is 11.9. The van der Waals surface area contributed by atoms with Gasteiger partial charge < -0.3 is 5.32 Å². The summed E-state index contributed by atoms with van der Waals surface area (Å²) in [7, 11) is -2.97. The number of carbonyl (C=O) groups excluding carboxylic acids is 1. The van der Waals surface area contributed by atoms with Crippen LogP contribution < -0.4 is 5.32 Å². The van der Waals surface area contributed by atoms with E-state index >= 15 is 0 Å². The van der Waals surface area contributed by atoms with Crippen molar-refractivity contribution < 1.29 is 13.2 Å². The van der Waals surface area contributed by atoms with Crippen LogP contribution in [0, 0.1) is 0 Å². The lowest BCUT2D eigenvalue weighted by molar-refractivity contribution is -0.116. The molecule has 1 saturated heterocycles. The van der Waals surface area contributed by atoms with Gasteiger partial charge in [-0.2, -0.15) is 16.9 Å². The molecule has 1 aromatic heterocycles. The largest absolute Gasteiger partial charge is 0.311 e. The van der Waals surface area contributed by atoms with Crippen LogP contribution in [0.3, 0.4) is 0 Å². The molecule has 1 N–H and O–H groups in total. The molecular weight excluding hydrogens is 310 g/mol. The minimum atomic E-state index is -2.97. The molecule has 1 amide bonds. The Morgan fingerprint density at radius 1 is 1.48 bits per heavy atom.